The highest BCUT2D eigenvalue weighted by atomic mass is 35.5. The summed E-state index contributed by atoms with van der Waals surface area (Å²) < 4.78 is 16.8. The zero-order valence-electron chi connectivity index (χ0n) is 14.7. The molecule has 3 aromatic rings. The van der Waals surface area contributed by atoms with Crippen LogP contribution < -0.4 is 10.1 Å². The monoisotopic (exact) mass is 385 g/mol. The molecule has 0 radical (unpaired) electrons. The molecule has 1 unspecified atom stereocenters. The Bertz CT molecular complexity index is 879. The molecule has 0 aliphatic carbocycles. The summed E-state index contributed by atoms with van der Waals surface area (Å²) in [7, 11) is 0. The van der Waals surface area contributed by atoms with E-state index in [4.69, 9.17) is 25.6 Å². The lowest BCUT2D eigenvalue weighted by molar-refractivity contribution is 0.0292. The van der Waals surface area contributed by atoms with Crippen LogP contribution in [-0.2, 0) is 17.8 Å². The Labute approximate surface area is 162 Å². The molecule has 1 aromatic heterocycles. The van der Waals surface area contributed by atoms with E-state index in [9.17, 15) is 0 Å². The minimum atomic E-state index is 0.178. The topological polar surface area (TPSA) is 69.4 Å². The lowest BCUT2D eigenvalue weighted by Gasteiger charge is -2.23. The first-order valence-corrected chi connectivity index (χ1v) is 9.27. The van der Waals surface area contributed by atoms with E-state index in [0.29, 0.717) is 22.5 Å². The SMILES string of the molecule is Clc1cc(CC2CNCCO2)ccc1OCc1noc(-c2ccccc2)n1. The summed E-state index contributed by atoms with van der Waals surface area (Å²) >= 11 is 6.37. The summed E-state index contributed by atoms with van der Waals surface area (Å²) in [6.07, 6.45) is 0.996. The predicted molar refractivity (Wildman–Crippen MR) is 102 cm³/mol. The maximum Gasteiger partial charge on any atom is 0.258 e. The standard InChI is InChI=1S/C20H20ClN3O3/c21-17-11-14(10-16-12-22-8-9-25-16)6-7-18(17)26-13-19-23-20(27-24-19)15-4-2-1-3-5-15/h1-7,11,16,22H,8-10,12-13H2. The summed E-state index contributed by atoms with van der Waals surface area (Å²) in [6.45, 7) is 2.70. The van der Waals surface area contributed by atoms with Crippen molar-refractivity contribution in [2.75, 3.05) is 19.7 Å². The number of nitrogens with one attached hydrogen (secondary N) is 1. The molecular formula is C20H20ClN3O3. The molecule has 2 heterocycles. The summed E-state index contributed by atoms with van der Waals surface area (Å²) in [5, 5.41) is 7.84. The molecule has 0 saturated carbocycles. The molecule has 1 atom stereocenters. The molecule has 1 saturated heterocycles. The second-order valence-corrected chi connectivity index (χ2v) is 6.74. The quantitative estimate of drug-likeness (QED) is 0.700. The third kappa shape index (κ3) is 4.66. The van der Waals surface area contributed by atoms with E-state index in [-0.39, 0.29) is 12.7 Å². The molecule has 0 spiro atoms. The van der Waals surface area contributed by atoms with Gasteiger partial charge in [-0.25, -0.2) is 0 Å². The van der Waals surface area contributed by atoms with Gasteiger partial charge < -0.3 is 19.3 Å². The first-order valence-electron chi connectivity index (χ1n) is 8.89. The third-order valence-electron chi connectivity index (χ3n) is 4.31. The van der Waals surface area contributed by atoms with Gasteiger partial charge in [-0.3, -0.25) is 0 Å². The van der Waals surface area contributed by atoms with E-state index in [1.165, 1.54) is 0 Å². The van der Waals surface area contributed by atoms with Crippen molar-refractivity contribution in [3.8, 4) is 17.2 Å². The van der Waals surface area contributed by atoms with E-state index in [0.717, 1.165) is 37.2 Å². The molecule has 140 valence electrons. The number of aromatic nitrogens is 2. The van der Waals surface area contributed by atoms with Crippen LogP contribution in [0, 0.1) is 0 Å². The molecule has 0 amide bonds. The smallest absolute Gasteiger partial charge is 0.258 e. The van der Waals surface area contributed by atoms with Gasteiger partial charge >= 0.3 is 0 Å². The predicted octanol–water partition coefficient (Wildman–Crippen LogP) is 3.50. The highest BCUT2D eigenvalue weighted by molar-refractivity contribution is 6.32. The van der Waals surface area contributed by atoms with Gasteiger partial charge in [0.25, 0.3) is 5.89 Å². The van der Waals surface area contributed by atoms with Gasteiger partial charge in [0.15, 0.2) is 6.61 Å². The highest BCUT2D eigenvalue weighted by Gasteiger charge is 2.15. The fourth-order valence-electron chi connectivity index (χ4n) is 2.95. The second-order valence-electron chi connectivity index (χ2n) is 6.34. The van der Waals surface area contributed by atoms with Crippen molar-refractivity contribution in [3.05, 3.63) is 64.9 Å². The molecule has 1 N–H and O–H groups in total. The third-order valence-corrected chi connectivity index (χ3v) is 4.61. The lowest BCUT2D eigenvalue weighted by Crippen LogP contribution is -2.39. The van der Waals surface area contributed by atoms with Gasteiger partial charge in [-0.05, 0) is 36.2 Å². The van der Waals surface area contributed by atoms with E-state index >= 15 is 0 Å². The molecule has 27 heavy (non-hydrogen) atoms. The van der Waals surface area contributed by atoms with Crippen LogP contribution in [0.1, 0.15) is 11.4 Å². The number of benzene rings is 2. The molecule has 2 aromatic carbocycles. The number of hydrogen-bond acceptors (Lipinski definition) is 6. The maximum atomic E-state index is 6.37. The van der Waals surface area contributed by atoms with E-state index in [1.54, 1.807) is 0 Å². The number of ether oxygens (including phenoxy) is 2. The first kappa shape index (κ1) is 18.0. The maximum absolute atomic E-state index is 6.37. The van der Waals surface area contributed by atoms with Crippen LogP contribution in [0.4, 0.5) is 0 Å². The fraction of sp³-hybridized carbons (Fsp3) is 0.300. The summed E-state index contributed by atoms with van der Waals surface area (Å²) in [5.74, 6) is 1.53. The van der Waals surface area contributed by atoms with Crippen molar-refractivity contribution in [2.45, 2.75) is 19.1 Å². The summed E-state index contributed by atoms with van der Waals surface area (Å²) in [6, 6.07) is 15.4. The molecule has 0 bridgehead atoms. The zero-order valence-corrected chi connectivity index (χ0v) is 15.5. The fourth-order valence-corrected chi connectivity index (χ4v) is 3.21. The van der Waals surface area contributed by atoms with Crippen LogP contribution in [0.25, 0.3) is 11.5 Å². The van der Waals surface area contributed by atoms with Crippen molar-refractivity contribution in [2.24, 2.45) is 0 Å². The molecule has 7 heteroatoms. The Morgan fingerprint density at radius 3 is 2.85 bits per heavy atom. The van der Waals surface area contributed by atoms with Crippen LogP contribution in [0.15, 0.2) is 53.1 Å². The molecule has 1 fully saturated rings. The number of nitrogens with zero attached hydrogens (tertiary/aromatic N) is 2. The summed E-state index contributed by atoms with van der Waals surface area (Å²) in [5.41, 5.74) is 1.99. The summed E-state index contributed by atoms with van der Waals surface area (Å²) in [4.78, 5) is 4.35. The van der Waals surface area contributed by atoms with Gasteiger partial charge in [0.2, 0.25) is 5.82 Å². The number of rotatable bonds is 6. The van der Waals surface area contributed by atoms with E-state index in [1.807, 2.05) is 48.5 Å². The number of hydrogen-bond donors (Lipinski definition) is 1. The second kappa shape index (κ2) is 8.52. The molecule has 1 aliphatic rings. The number of morpholine rings is 1. The Kier molecular flexibility index (Phi) is 5.67. The zero-order chi connectivity index (χ0) is 18.5. The Hall–Kier alpha value is -2.41. The lowest BCUT2D eigenvalue weighted by atomic mass is 10.1. The largest absolute Gasteiger partial charge is 0.484 e. The van der Waals surface area contributed by atoms with Crippen LogP contribution in [0.5, 0.6) is 5.75 Å². The van der Waals surface area contributed by atoms with Gasteiger partial charge in [0.1, 0.15) is 5.75 Å². The van der Waals surface area contributed by atoms with Crippen molar-refractivity contribution in [1.82, 2.24) is 15.5 Å². The van der Waals surface area contributed by atoms with Crippen molar-refractivity contribution >= 4 is 11.6 Å². The van der Waals surface area contributed by atoms with Crippen molar-refractivity contribution < 1.29 is 14.0 Å². The molecule has 4 rings (SSSR count). The van der Waals surface area contributed by atoms with Crippen LogP contribution in [0.2, 0.25) is 5.02 Å². The first-order chi connectivity index (χ1) is 13.3. The molecule has 1 aliphatic heterocycles. The van der Waals surface area contributed by atoms with E-state index < -0.39 is 0 Å². The van der Waals surface area contributed by atoms with Gasteiger partial charge in [-0.15, -0.1) is 0 Å². The average Bonchev–Trinajstić information content (AvgIpc) is 3.18. The van der Waals surface area contributed by atoms with Gasteiger partial charge in [-0.1, -0.05) is 41.0 Å². The Morgan fingerprint density at radius 1 is 1.19 bits per heavy atom. The number of halogens is 1. The van der Waals surface area contributed by atoms with Crippen LogP contribution in [-0.4, -0.2) is 35.9 Å². The van der Waals surface area contributed by atoms with Crippen LogP contribution >= 0.6 is 11.6 Å². The molecular weight excluding hydrogens is 366 g/mol. The Balaban J connectivity index is 1.36. The average molecular weight is 386 g/mol. The highest BCUT2D eigenvalue weighted by Crippen LogP contribution is 2.27. The van der Waals surface area contributed by atoms with Gasteiger partial charge in [-0.2, -0.15) is 4.98 Å². The minimum absolute atomic E-state index is 0.178. The molecule has 6 nitrogen and oxygen atoms in total. The van der Waals surface area contributed by atoms with Crippen LogP contribution in [0.3, 0.4) is 0 Å². The van der Waals surface area contributed by atoms with Gasteiger partial charge in [0.05, 0.1) is 17.7 Å². The minimum Gasteiger partial charge on any atom is -0.484 e. The van der Waals surface area contributed by atoms with Crippen molar-refractivity contribution in [1.29, 1.82) is 0 Å². The van der Waals surface area contributed by atoms with Crippen molar-refractivity contribution in [3.63, 3.8) is 0 Å². The normalized spacial score (nSPS) is 17.0. The van der Waals surface area contributed by atoms with E-state index in [2.05, 4.69) is 15.5 Å². The van der Waals surface area contributed by atoms with Gasteiger partial charge in [0, 0.05) is 18.7 Å². The Morgan fingerprint density at radius 2 is 2.07 bits per heavy atom.